The van der Waals surface area contributed by atoms with Gasteiger partial charge in [0.2, 0.25) is 0 Å². The maximum atomic E-state index is 9.50. The smallest absolute Gasteiger partial charge is 0.333 e. The zero-order valence-electron chi connectivity index (χ0n) is 6.70. The van der Waals surface area contributed by atoms with Crippen molar-refractivity contribution in [2.75, 3.05) is 0 Å². The van der Waals surface area contributed by atoms with Crippen LogP contribution >= 0.6 is 0 Å². The van der Waals surface area contributed by atoms with Gasteiger partial charge in [0.25, 0.3) is 0 Å². The Kier molecular flexibility index (Phi) is 1.49. The second-order valence-electron chi connectivity index (χ2n) is 3.98. The predicted octanol–water partition coefficient (Wildman–Crippen LogP) is 1.01. The molecule has 3 heteroatoms. The Balaban J connectivity index is 2.15. The zero-order chi connectivity index (χ0) is 8.06. The number of rotatable bonds is 1. The highest BCUT2D eigenvalue weighted by Gasteiger charge is 2.46. The lowest BCUT2D eigenvalue weighted by molar-refractivity contribution is 0.336. The van der Waals surface area contributed by atoms with E-state index < -0.39 is 8.56 Å². The van der Waals surface area contributed by atoms with Gasteiger partial charge in [-0.2, -0.15) is 0 Å². The molecule has 2 aliphatic carbocycles. The molecule has 0 amide bonds. The topological polar surface area (TPSA) is 40.5 Å². The van der Waals surface area contributed by atoms with Crippen LogP contribution in [0.4, 0.5) is 0 Å². The molecule has 0 spiro atoms. The Labute approximate surface area is 67.8 Å². The molecule has 0 heterocycles. The fourth-order valence-electron chi connectivity index (χ4n) is 2.41. The van der Waals surface area contributed by atoms with Gasteiger partial charge in [-0.3, -0.25) is 0 Å². The molecule has 0 aromatic heterocycles. The highest BCUT2D eigenvalue weighted by molar-refractivity contribution is 6.65. The van der Waals surface area contributed by atoms with Crippen LogP contribution in [0.1, 0.15) is 12.8 Å². The first kappa shape index (κ1) is 7.52. The van der Waals surface area contributed by atoms with E-state index in [-0.39, 0.29) is 5.54 Å². The second-order valence-corrected chi connectivity index (χ2v) is 6.91. The molecule has 0 radical (unpaired) electrons. The number of hydrogen-bond donors (Lipinski definition) is 2. The summed E-state index contributed by atoms with van der Waals surface area (Å²) in [5.41, 5.74) is 0.206. The van der Waals surface area contributed by atoms with Gasteiger partial charge in [-0.1, -0.05) is 12.2 Å². The monoisotopic (exact) mass is 170 g/mol. The molecule has 0 aliphatic heterocycles. The minimum atomic E-state index is -2.83. The van der Waals surface area contributed by atoms with E-state index in [4.69, 9.17) is 0 Å². The highest BCUT2D eigenvalue weighted by Crippen LogP contribution is 2.50. The molecule has 2 rings (SSSR count). The number of hydrogen-bond acceptors (Lipinski definition) is 2. The molecular weight excluding hydrogens is 156 g/mol. The molecule has 1 saturated carbocycles. The molecule has 2 N–H and O–H groups in total. The molecule has 0 aromatic carbocycles. The van der Waals surface area contributed by atoms with Gasteiger partial charge in [0, 0.05) is 5.54 Å². The average Bonchev–Trinajstić information content (AvgIpc) is 2.42. The van der Waals surface area contributed by atoms with E-state index in [1.165, 1.54) is 0 Å². The van der Waals surface area contributed by atoms with Crippen LogP contribution in [0.5, 0.6) is 0 Å². The van der Waals surface area contributed by atoms with E-state index >= 15 is 0 Å². The largest absolute Gasteiger partial charge is 0.411 e. The summed E-state index contributed by atoms with van der Waals surface area (Å²) < 4.78 is 0. The molecule has 3 atom stereocenters. The normalized spacial score (nSPS) is 41.9. The molecule has 62 valence electrons. The van der Waals surface area contributed by atoms with Gasteiger partial charge in [0.05, 0.1) is 0 Å². The first-order chi connectivity index (χ1) is 5.07. The highest BCUT2D eigenvalue weighted by atomic mass is 28.4. The summed E-state index contributed by atoms with van der Waals surface area (Å²) >= 11 is 0. The molecule has 0 saturated heterocycles. The SMILES string of the molecule is C[Si](O)(O)C1CC2C=CC1C2. The molecule has 11 heavy (non-hydrogen) atoms. The average molecular weight is 170 g/mol. The minimum Gasteiger partial charge on any atom is -0.411 e. The first-order valence-corrected chi connectivity index (χ1v) is 6.67. The minimum absolute atomic E-state index is 0.206. The summed E-state index contributed by atoms with van der Waals surface area (Å²) in [4.78, 5) is 19.0. The third-order valence-corrected chi connectivity index (χ3v) is 5.05. The van der Waals surface area contributed by atoms with Crippen molar-refractivity contribution in [1.29, 1.82) is 0 Å². The fourth-order valence-corrected chi connectivity index (χ4v) is 4.22. The third-order valence-electron chi connectivity index (χ3n) is 2.98. The molecule has 3 unspecified atom stereocenters. The van der Waals surface area contributed by atoms with Crippen LogP contribution in [-0.4, -0.2) is 18.2 Å². The first-order valence-electron chi connectivity index (χ1n) is 4.20. The maximum Gasteiger partial charge on any atom is 0.333 e. The van der Waals surface area contributed by atoms with Gasteiger partial charge in [0.1, 0.15) is 0 Å². The Morgan fingerprint density at radius 3 is 2.27 bits per heavy atom. The maximum absolute atomic E-state index is 9.50. The summed E-state index contributed by atoms with van der Waals surface area (Å²) in [5.74, 6) is 1.13. The van der Waals surface area contributed by atoms with Gasteiger partial charge in [0.15, 0.2) is 0 Å². The summed E-state index contributed by atoms with van der Waals surface area (Å²) in [6.45, 7) is 1.63. The van der Waals surface area contributed by atoms with Crippen LogP contribution in [0, 0.1) is 11.8 Å². The molecular formula is C8H14O2Si. The van der Waals surface area contributed by atoms with Gasteiger partial charge in [-0.05, 0) is 31.2 Å². The molecule has 2 nitrogen and oxygen atoms in total. The van der Waals surface area contributed by atoms with Crippen LogP contribution in [0.2, 0.25) is 12.1 Å². The Morgan fingerprint density at radius 1 is 1.27 bits per heavy atom. The van der Waals surface area contributed by atoms with Gasteiger partial charge >= 0.3 is 8.56 Å². The van der Waals surface area contributed by atoms with Crippen molar-refractivity contribution in [3.63, 3.8) is 0 Å². The zero-order valence-corrected chi connectivity index (χ0v) is 7.70. The van der Waals surface area contributed by atoms with E-state index in [9.17, 15) is 9.59 Å². The van der Waals surface area contributed by atoms with Crippen LogP contribution in [0.25, 0.3) is 0 Å². The molecule has 2 aliphatic rings. The van der Waals surface area contributed by atoms with Crippen molar-refractivity contribution < 1.29 is 9.59 Å². The summed E-state index contributed by atoms with van der Waals surface area (Å²) in [6.07, 6.45) is 6.56. The van der Waals surface area contributed by atoms with Crippen LogP contribution in [0.15, 0.2) is 12.2 Å². The van der Waals surface area contributed by atoms with Gasteiger partial charge < -0.3 is 9.59 Å². The van der Waals surface area contributed by atoms with Crippen molar-refractivity contribution >= 4 is 8.56 Å². The number of allylic oxidation sites excluding steroid dienone is 2. The summed E-state index contributed by atoms with van der Waals surface area (Å²) in [5, 5.41) is 0. The second kappa shape index (κ2) is 2.18. The van der Waals surface area contributed by atoms with Gasteiger partial charge in [-0.25, -0.2) is 0 Å². The quantitative estimate of drug-likeness (QED) is 0.455. The van der Waals surface area contributed by atoms with Crippen molar-refractivity contribution in [3.05, 3.63) is 12.2 Å². The van der Waals surface area contributed by atoms with E-state index in [0.717, 1.165) is 12.8 Å². The fraction of sp³-hybridized carbons (Fsp3) is 0.750. The van der Waals surface area contributed by atoms with E-state index in [2.05, 4.69) is 12.2 Å². The number of fused-ring (bicyclic) bond motifs is 2. The van der Waals surface area contributed by atoms with Crippen LogP contribution in [0.3, 0.4) is 0 Å². The van der Waals surface area contributed by atoms with Crippen molar-refractivity contribution in [1.82, 2.24) is 0 Å². The standard InChI is InChI=1S/C8H14O2Si/c1-11(9,10)8-5-6-2-3-7(8)4-6/h2-3,6-10H,4-5H2,1H3. The van der Waals surface area contributed by atoms with E-state index in [1.807, 2.05) is 0 Å². The van der Waals surface area contributed by atoms with E-state index in [1.54, 1.807) is 6.55 Å². The summed E-state index contributed by atoms with van der Waals surface area (Å²) in [6, 6.07) is 0. The van der Waals surface area contributed by atoms with E-state index in [0.29, 0.717) is 11.8 Å². The lowest BCUT2D eigenvalue weighted by Gasteiger charge is -2.25. The lowest BCUT2D eigenvalue weighted by Crippen LogP contribution is -2.38. The van der Waals surface area contributed by atoms with Crippen molar-refractivity contribution in [2.24, 2.45) is 11.8 Å². The third kappa shape index (κ3) is 1.17. The molecule has 2 bridgehead atoms. The molecule has 0 aromatic rings. The van der Waals surface area contributed by atoms with Gasteiger partial charge in [-0.15, -0.1) is 0 Å². The molecule has 1 fully saturated rings. The van der Waals surface area contributed by atoms with Crippen molar-refractivity contribution in [2.45, 2.75) is 24.9 Å². The van der Waals surface area contributed by atoms with Crippen molar-refractivity contribution in [3.8, 4) is 0 Å². The van der Waals surface area contributed by atoms with Crippen LogP contribution in [-0.2, 0) is 0 Å². The Morgan fingerprint density at radius 2 is 2.00 bits per heavy atom. The predicted molar refractivity (Wildman–Crippen MR) is 45.2 cm³/mol. The summed E-state index contributed by atoms with van der Waals surface area (Å²) in [7, 11) is -2.83. The Hall–Kier alpha value is -0.123. The van der Waals surface area contributed by atoms with Crippen LogP contribution < -0.4 is 0 Å². The lowest BCUT2D eigenvalue weighted by atomic mass is 10.1. The Bertz CT molecular complexity index is 195.